The fraction of sp³-hybridized carbons (Fsp3) is 0.500. The topological polar surface area (TPSA) is 71.7 Å². The van der Waals surface area contributed by atoms with E-state index in [0.29, 0.717) is 30.2 Å². The van der Waals surface area contributed by atoms with Gasteiger partial charge < -0.3 is 4.57 Å². The number of thiazole rings is 1. The average molecular weight is 422 g/mol. The summed E-state index contributed by atoms with van der Waals surface area (Å²) in [7, 11) is -3.44. The van der Waals surface area contributed by atoms with Crippen molar-refractivity contribution in [1.82, 2.24) is 8.87 Å². The van der Waals surface area contributed by atoms with Gasteiger partial charge in [-0.3, -0.25) is 4.79 Å². The van der Waals surface area contributed by atoms with Gasteiger partial charge in [0.15, 0.2) is 4.80 Å². The van der Waals surface area contributed by atoms with Crippen LogP contribution in [0.5, 0.6) is 0 Å². The Morgan fingerprint density at radius 2 is 2.14 bits per heavy atom. The Labute approximate surface area is 170 Å². The summed E-state index contributed by atoms with van der Waals surface area (Å²) in [4.78, 5) is 17.9. The van der Waals surface area contributed by atoms with Gasteiger partial charge in [0.05, 0.1) is 16.5 Å². The van der Waals surface area contributed by atoms with Gasteiger partial charge in [0.2, 0.25) is 10.0 Å². The van der Waals surface area contributed by atoms with Crippen molar-refractivity contribution in [3.8, 4) is 0 Å². The largest absolute Gasteiger partial charge is 0.313 e. The Hall–Kier alpha value is -1.77. The van der Waals surface area contributed by atoms with Crippen LogP contribution in [0.15, 0.2) is 35.8 Å². The Bertz CT molecular complexity index is 1060. The number of fused-ring (bicyclic) bond motifs is 1. The van der Waals surface area contributed by atoms with E-state index in [-0.39, 0.29) is 0 Å². The SMILES string of the molecule is C=CCn1c(=NC(=O)C2CCCCN2S(C)(=O)=O)sc2cc(C(C)C)ccc21. The zero-order valence-corrected chi connectivity index (χ0v) is 18.2. The molecule has 2 aromatic rings. The Morgan fingerprint density at radius 1 is 1.39 bits per heavy atom. The van der Waals surface area contributed by atoms with Gasteiger partial charge in [-0.05, 0) is 36.5 Å². The van der Waals surface area contributed by atoms with Crippen LogP contribution in [0.1, 0.15) is 44.6 Å². The molecule has 0 bridgehead atoms. The van der Waals surface area contributed by atoms with E-state index in [4.69, 9.17) is 0 Å². The van der Waals surface area contributed by atoms with E-state index >= 15 is 0 Å². The van der Waals surface area contributed by atoms with E-state index < -0.39 is 22.0 Å². The minimum Gasteiger partial charge on any atom is -0.313 e. The molecule has 1 aromatic heterocycles. The molecule has 2 heterocycles. The van der Waals surface area contributed by atoms with Crippen molar-refractivity contribution in [3.63, 3.8) is 0 Å². The molecule has 0 radical (unpaired) electrons. The number of carbonyl (C=O) groups excluding carboxylic acids is 1. The number of piperidine rings is 1. The first-order valence-electron chi connectivity index (χ1n) is 9.52. The second-order valence-corrected chi connectivity index (χ2v) is 10.4. The van der Waals surface area contributed by atoms with Gasteiger partial charge in [0, 0.05) is 13.1 Å². The molecular weight excluding hydrogens is 394 g/mol. The normalized spacial score (nSPS) is 19.4. The molecule has 1 aliphatic heterocycles. The van der Waals surface area contributed by atoms with Crippen molar-refractivity contribution in [2.24, 2.45) is 4.99 Å². The number of allylic oxidation sites excluding steroid dienone is 1. The first-order valence-corrected chi connectivity index (χ1v) is 12.2. The highest BCUT2D eigenvalue weighted by atomic mass is 32.2. The second-order valence-electron chi connectivity index (χ2n) is 7.50. The molecule has 3 rings (SSSR count). The van der Waals surface area contributed by atoms with E-state index in [0.717, 1.165) is 29.3 Å². The smallest absolute Gasteiger partial charge is 0.266 e. The summed E-state index contributed by atoms with van der Waals surface area (Å²) in [6, 6.07) is 5.57. The first kappa shape index (κ1) is 21.0. The van der Waals surface area contributed by atoms with E-state index in [1.807, 2.05) is 4.57 Å². The lowest BCUT2D eigenvalue weighted by atomic mass is 10.0. The maximum absolute atomic E-state index is 12.9. The molecule has 0 spiro atoms. The van der Waals surface area contributed by atoms with Crippen LogP contribution in [-0.4, -0.2) is 42.0 Å². The molecule has 1 aromatic carbocycles. The number of sulfonamides is 1. The molecule has 1 aliphatic rings. The van der Waals surface area contributed by atoms with Crippen LogP contribution in [0.4, 0.5) is 0 Å². The Morgan fingerprint density at radius 3 is 2.79 bits per heavy atom. The van der Waals surface area contributed by atoms with Crippen molar-refractivity contribution in [2.45, 2.75) is 51.6 Å². The summed E-state index contributed by atoms with van der Waals surface area (Å²) in [5, 5.41) is 0. The standard InChI is InChI=1S/C20H27N3O3S2/c1-5-11-22-16-10-9-15(14(2)3)13-18(16)27-20(22)21-19(24)17-8-6-7-12-23(17)28(4,25)26/h5,9-10,13-14,17H,1,6-8,11-12H2,2-4H3. The van der Waals surface area contributed by atoms with E-state index in [9.17, 15) is 13.2 Å². The van der Waals surface area contributed by atoms with Gasteiger partial charge in [0.1, 0.15) is 6.04 Å². The van der Waals surface area contributed by atoms with Crippen LogP contribution in [-0.2, 0) is 21.4 Å². The molecular formula is C20H27N3O3S2. The monoisotopic (exact) mass is 421 g/mol. The number of rotatable bonds is 5. The molecule has 1 atom stereocenters. The summed E-state index contributed by atoms with van der Waals surface area (Å²) in [6.45, 7) is 9.01. The minimum absolute atomic E-state index is 0.377. The molecule has 1 amide bonds. The quantitative estimate of drug-likeness (QED) is 0.696. The van der Waals surface area contributed by atoms with Gasteiger partial charge in [0.25, 0.3) is 5.91 Å². The van der Waals surface area contributed by atoms with Crippen molar-refractivity contribution in [1.29, 1.82) is 0 Å². The van der Waals surface area contributed by atoms with Crippen molar-refractivity contribution in [3.05, 3.63) is 41.2 Å². The lowest BCUT2D eigenvalue weighted by Gasteiger charge is -2.31. The number of amides is 1. The van der Waals surface area contributed by atoms with Crippen molar-refractivity contribution >= 4 is 37.5 Å². The average Bonchev–Trinajstić information content (AvgIpc) is 2.97. The molecule has 8 heteroatoms. The predicted octanol–water partition coefficient (Wildman–Crippen LogP) is 3.25. The van der Waals surface area contributed by atoms with Gasteiger partial charge in [-0.2, -0.15) is 9.30 Å². The maximum Gasteiger partial charge on any atom is 0.266 e. The van der Waals surface area contributed by atoms with E-state index in [1.54, 1.807) is 6.08 Å². The van der Waals surface area contributed by atoms with E-state index in [1.165, 1.54) is 21.2 Å². The summed E-state index contributed by atoms with van der Waals surface area (Å²) < 4.78 is 28.5. The highest BCUT2D eigenvalue weighted by molar-refractivity contribution is 7.88. The van der Waals surface area contributed by atoms with Crippen molar-refractivity contribution < 1.29 is 13.2 Å². The van der Waals surface area contributed by atoms with Crippen LogP contribution < -0.4 is 4.80 Å². The summed E-state index contributed by atoms with van der Waals surface area (Å²) in [5.41, 5.74) is 2.23. The number of hydrogen-bond acceptors (Lipinski definition) is 4. The zero-order valence-electron chi connectivity index (χ0n) is 16.6. The van der Waals surface area contributed by atoms with Gasteiger partial charge in [-0.1, -0.05) is 43.7 Å². The molecule has 1 fully saturated rings. The van der Waals surface area contributed by atoms with Gasteiger partial charge >= 0.3 is 0 Å². The predicted molar refractivity (Wildman–Crippen MR) is 114 cm³/mol. The summed E-state index contributed by atoms with van der Waals surface area (Å²) in [6.07, 6.45) is 5.04. The van der Waals surface area contributed by atoms with E-state index in [2.05, 4.69) is 43.6 Å². The number of carbonyl (C=O) groups is 1. The molecule has 28 heavy (non-hydrogen) atoms. The maximum atomic E-state index is 12.9. The third kappa shape index (κ3) is 4.29. The lowest BCUT2D eigenvalue weighted by Crippen LogP contribution is -2.47. The number of benzene rings is 1. The van der Waals surface area contributed by atoms with Gasteiger partial charge in [-0.25, -0.2) is 8.42 Å². The zero-order chi connectivity index (χ0) is 20.5. The number of aromatic nitrogens is 1. The molecule has 6 nitrogen and oxygen atoms in total. The molecule has 0 N–H and O–H groups in total. The molecule has 1 unspecified atom stereocenters. The minimum atomic E-state index is -3.44. The second kappa shape index (κ2) is 8.31. The van der Waals surface area contributed by atoms with Crippen LogP contribution in [0.2, 0.25) is 0 Å². The molecule has 0 saturated carbocycles. The first-order chi connectivity index (χ1) is 13.2. The highest BCUT2D eigenvalue weighted by Gasteiger charge is 2.34. The van der Waals surface area contributed by atoms with Crippen LogP contribution in [0.25, 0.3) is 10.2 Å². The molecule has 0 aliphatic carbocycles. The summed E-state index contributed by atoms with van der Waals surface area (Å²) in [5.74, 6) is 0.0190. The lowest BCUT2D eigenvalue weighted by molar-refractivity contribution is -0.122. The Kier molecular flexibility index (Phi) is 6.21. The third-order valence-corrected chi connectivity index (χ3v) is 7.39. The fourth-order valence-electron chi connectivity index (χ4n) is 3.56. The Balaban J connectivity index is 2.07. The van der Waals surface area contributed by atoms with Crippen molar-refractivity contribution in [2.75, 3.05) is 12.8 Å². The summed E-state index contributed by atoms with van der Waals surface area (Å²) >= 11 is 1.46. The third-order valence-electron chi connectivity index (χ3n) is 5.06. The number of hydrogen-bond donors (Lipinski definition) is 0. The van der Waals surface area contributed by atoms with Crippen LogP contribution in [0, 0.1) is 0 Å². The molecule has 152 valence electrons. The fourth-order valence-corrected chi connectivity index (χ4v) is 5.77. The van der Waals surface area contributed by atoms with Crippen LogP contribution >= 0.6 is 11.3 Å². The van der Waals surface area contributed by atoms with Gasteiger partial charge in [-0.15, -0.1) is 6.58 Å². The highest BCUT2D eigenvalue weighted by Crippen LogP contribution is 2.24. The number of nitrogens with zero attached hydrogens (tertiary/aromatic N) is 3. The van der Waals surface area contributed by atoms with Crippen LogP contribution in [0.3, 0.4) is 0 Å². The molecule has 1 saturated heterocycles.